The molecular weight excluding hydrogens is 431 g/mol. The zero-order valence-electron chi connectivity index (χ0n) is 16.1. The Hall–Kier alpha value is -1.60. The van der Waals surface area contributed by atoms with Crippen molar-refractivity contribution < 1.29 is 13.2 Å². The van der Waals surface area contributed by atoms with Crippen LogP contribution in [0.15, 0.2) is 48.5 Å². The van der Waals surface area contributed by atoms with Crippen molar-refractivity contribution in [2.45, 2.75) is 31.6 Å². The van der Waals surface area contributed by atoms with E-state index < -0.39 is 10.0 Å². The topological polar surface area (TPSA) is 66.5 Å². The first-order valence-corrected chi connectivity index (χ1v) is 11.9. The summed E-state index contributed by atoms with van der Waals surface area (Å²) in [5.74, 6) is -0.341. The van der Waals surface area contributed by atoms with Crippen LogP contribution >= 0.6 is 23.2 Å². The van der Waals surface area contributed by atoms with Crippen LogP contribution in [0.1, 0.15) is 36.9 Å². The van der Waals surface area contributed by atoms with Crippen LogP contribution in [0.4, 0.5) is 0 Å². The minimum atomic E-state index is -3.48. The van der Waals surface area contributed by atoms with Gasteiger partial charge in [-0.1, -0.05) is 59.6 Å². The molecule has 1 aliphatic heterocycles. The third kappa shape index (κ3) is 5.72. The Morgan fingerprint density at radius 2 is 1.76 bits per heavy atom. The van der Waals surface area contributed by atoms with Crippen LogP contribution in [0.3, 0.4) is 0 Å². The second-order valence-corrected chi connectivity index (χ2v) is 10.1. The van der Waals surface area contributed by atoms with E-state index in [-0.39, 0.29) is 23.6 Å². The van der Waals surface area contributed by atoms with Crippen molar-refractivity contribution in [2.24, 2.45) is 5.92 Å². The zero-order chi connectivity index (χ0) is 21.0. The van der Waals surface area contributed by atoms with Crippen LogP contribution in [0, 0.1) is 5.92 Å². The summed E-state index contributed by atoms with van der Waals surface area (Å²) < 4.78 is 26.9. The number of carbonyl (C=O) groups excluding carboxylic acids is 1. The van der Waals surface area contributed by atoms with Crippen molar-refractivity contribution in [3.05, 3.63) is 69.7 Å². The molecule has 0 radical (unpaired) electrons. The molecule has 0 bridgehead atoms. The van der Waals surface area contributed by atoms with Crippen molar-refractivity contribution in [3.8, 4) is 0 Å². The maximum Gasteiger partial charge on any atom is 0.223 e. The first-order chi connectivity index (χ1) is 13.8. The number of hydrogen-bond acceptors (Lipinski definition) is 3. The molecular formula is C21H24Cl2N2O3S. The summed E-state index contributed by atoms with van der Waals surface area (Å²) in [6.45, 7) is 2.62. The predicted molar refractivity (Wildman–Crippen MR) is 116 cm³/mol. The van der Waals surface area contributed by atoms with Gasteiger partial charge in [0.25, 0.3) is 0 Å². The van der Waals surface area contributed by atoms with Crippen LogP contribution in [0.25, 0.3) is 0 Å². The Morgan fingerprint density at radius 1 is 1.10 bits per heavy atom. The van der Waals surface area contributed by atoms with E-state index in [9.17, 15) is 13.2 Å². The molecule has 156 valence electrons. The number of amides is 1. The monoisotopic (exact) mass is 454 g/mol. The average molecular weight is 455 g/mol. The van der Waals surface area contributed by atoms with Gasteiger partial charge in [0, 0.05) is 19.0 Å². The SMILES string of the molecule is C[C@@H](NC(=O)C1CCN(S(=O)(=O)Cc2ccc(Cl)c(Cl)c2)CC1)c1ccccc1. The lowest BCUT2D eigenvalue weighted by atomic mass is 9.96. The van der Waals surface area contributed by atoms with Gasteiger partial charge in [0.15, 0.2) is 0 Å². The summed E-state index contributed by atoms with van der Waals surface area (Å²) in [4.78, 5) is 12.6. The molecule has 2 aromatic rings. The molecule has 1 heterocycles. The van der Waals surface area contributed by atoms with E-state index in [0.717, 1.165) is 5.56 Å². The standard InChI is InChI=1S/C21H24Cl2N2O3S/c1-15(17-5-3-2-4-6-17)24-21(26)18-9-11-25(12-10-18)29(27,28)14-16-7-8-19(22)20(23)13-16/h2-8,13,15,18H,9-12,14H2,1H3,(H,24,26)/t15-/m1/s1. The van der Waals surface area contributed by atoms with Gasteiger partial charge >= 0.3 is 0 Å². The third-order valence-electron chi connectivity index (χ3n) is 5.21. The van der Waals surface area contributed by atoms with Gasteiger partial charge in [0.1, 0.15) is 0 Å². The molecule has 5 nitrogen and oxygen atoms in total. The van der Waals surface area contributed by atoms with Crippen LogP contribution in [0.5, 0.6) is 0 Å². The molecule has 1 aliphatic rings. The summed E-state index contributed by atoms with van der Waals surface area (Å²) in [6.07, 6.45) is 1.02. The number of carbonyl (C=O) groups is 1. The Morgan fingerprint density at radius 3 is 2.38 bits per heavy atom. The van der Waals surface area contributed by atoms with E-state index in [1.807, 2.05) is 37.3 Å². The fraction of sp³-hybridized carbons (Fsp3) is 0.381. The van der Waals surface area contributed by atoms with Gasteiger partial charge < -0.3 is 5.32 Å². The Kier molecular flexibility index (Phi) is 7.22. The van der Waals surface area contributed by atoms with E-state index >= 15 is 0 Å². The quantitative estimate of drug-likeness (QED) is 0.702. The second-order valence-electron chi connectivity index (χ2n) is 7.32. The lowest BCUT2D eigenvalue weighted by molar-refractivity contribution is -0.126. The second kappa shape index (κ2) is 9.47. The van der Waals surface area contributed by atoms with Gasteiger partial charge in [-0.25, -0.2) is 12.7 Å². The molecule has 0 spiro atoms. The number of rotatable bonds is 6. The highest BCUT2D eigenvalue weighted by atomic mass is 35.5. The maximum absolute atomic E-state index is 12.7. The Balaban J connectivity index is 1.55. The molecule has 1 amide bonds. The minimum absolute atomic E-state index is 0.0251. The number of nitrogens with one attached hydrogen (secondary N) is 1. The predicted octanol–water partition coefficient (Wildman–Crippen LogP) is 4.41. The number of sulfonamides is 1. The van der Waals surface area contributed by atoms with Gasteiger partial charge in [-0.05, 0) is 43.0 Å². The van der Waals surface area contributed by atoms with Crippen molar-refractivity contribution >= 4 is 39.1 Å². The van der Waals surface area contributed by atoms with Crippen molar-refractivity contribution in [3.63, 3.8) is 0 Å². The molecule has 2 aromatic carbocycles. The summed E-state index contributed by atoms with van der Waals surface area (Å²) in [5, 5.41) is 3.77. The molecule has 1 N–H and O–H groups in total. The molecule has 3 rings (SSSR count). The minimum Gasteiger partial charge on any atom is -0.349 e. The average Bonchev–Trinajstić information content (AvgIpc) is 2.71. The molecule has 1 fully saturated rings. The molecule has 0 saturated carbocycles. The largest absolute Gasteiger partial charge is 0.349 e. The molecule has 29 heavy (non-hydrogen) atoms. The van der Waals surface area contributed by atoms with Crippen molar-refractivity contribution in [1.29, 1.82) is 0 Å². The van der Waals surface area contributed by atoms with Crippen LogP contribution in [-0.2, 0) is 20.6 Å². The van der Waals surface area contributed by atoms with Gasteiger partial charge in [-0.15, -0.1) is 0 Å². The summed E-state index contributed by atoms with van der Waals surface area (Å²) in [6, 6.07) is 14.5. The van der Waals surface area contributed by atoms with Gasteiger partial charge in [-0.2, -0.15) is 0 Å². The number of nitrogens with zero attached hydrogens (tertiary/aromatic N) is 1. The Labute approximate surface area is 182 Å². The van der Waals surface area contributed by atoms with Gasteiger partial charge in [0.05, 0.1) is 21.8 Å². The number of piperidine rings is 1. The normalized spacial score (nSPS) is 17.1. The van der Waals surface area contributed by atoms with E-state index in [1.165, 1.54) is 4.31 Å². The zero-order valence-corrected chi connectivity index (χ0v) is 18.5. The summed E-state index contributed by atoms with van der Waals surface area (Å²) in [5.41, 5.74) is 1.64. The molecule has 0 aromatic heterocycles. The number of benzene rings is 2. The van der Waals surface area contributed by atoms with Crippen LogP contribution in [0.2, 0.25) is 10.0 Å². The fourth-order valence-corrected chi connectivity index (χ4v) is 5.35. The van der Waals surface area contributed by atoms with E-state index in [2.05, 4.69) is 5.32 Å². The smallest absolute Gasteiger partial charge is 0.223 e. The first kappa shape index (κ1) is 22.1. The third-order valence-corrected chi connectivity index (χ3v) is 7.80. The Bertz CT molecular complexity index is 959. The lowest BCUT2D eigenvalue weighted by Crippen LogP contribution is -2.43. The van der Waals surface area contributed by atoms with Gasteiger partial charge in [0.2, 0.25) is 15.9 Å². The van der Waals surface area contributed by atoms with E-state index in [0.29, 0.717) is 41.5 Å². The lowest BCUT2D eigenvalue weighted by Gasteiger charge is -2.31. The molecule has 8 heteroatoms. The van der Waals surface area contributed by atoms with Crippen LogP contribution < -0.4 is 5.32 Å². The highest BCUT2D eigenvalue weighted by Gasteiger charge is 2.31. The van der Waals surface area contributed by atoms with Gasteiger partial charge in [-0.3, -0.25) is 4.79 Å². The number of hydrogen-bond donors (Lipinski definition) is 1. The fourth-order valence-electron chi connectivity index (χ4n) is 3.48. The highest BCUT2D eigenvalue weighted by molar-refractivity contribution is 7.88. The molecule has 1 atom stereocenters. The van der Waals surface area contributed by atoms with Crippen molar-refractivity contribution in [2.75, 3.05) is 13.1 Å². The van der Waals surface area contributed by atoms with E-state index in [1.54, 1.807) is 18.2 Å². The first-order valence-electron chi connectivity index (χ1n) is 9.53. The summed E-state index contributed by atoms with van der Waals surface area (Å²) in [7, 11) is -3.48. The van der Waals surface area contributed by atoms with Crippen LogP contribution in [-0.4, -0.2) is 31.7 Å². The van der Waals surface area contributed by atoms with Crippen molar-refractivity contribution in [1.82, 2.24) is 9.62 Å². The molecule has 1 saturated heterocycles. The number of halogens is 2. The molecule has 0 aliphatic carbocycles. The molecule has 0 unspecified atom stereocenters. The maximum atomic E-state index is 12.7. The van der Waals surface area contributed by atoms with E-state index in [4.69, 9.17) is 23.2 Å². The highest BCUT2D eigenvalue weighted by Crippen LogP contribution is 2.26. The summed E-state index contributed by atoms with van der Waals surface area (Å²) >= 11 is 11.9.